The van der Waals surface area contributed by atoms with E-state index in [9.17, 15) is 4.79 Å². The summed E-state index contributed by atoms with van der Waals surface area (Å²) in [4.78, 5) is 15.2. The van der Waals surface area contributed by atoms with Gasteiger partial charge in [-0.1, -0.05) is 62.4 Å². The van der Waals surface area contributed by atoms with Crippen LogP contribution in [0.25, 0.3) is 22.3 Å². The maximum absolute atomic E-state index is 12.9. The van der Waals surface area contributed by atoms with Gasteiger partial charge in [-0.3, -0.25) is 4.79 Å². The predicted octanol–water partition coefficient (Wildman–Crippen LogP) is 4.17. The number of para-hydroxylation sites is 1. The average Bonchev–Trinajstić information content (AvgIpc) is 3.05. The number of fused-ring (bicyclic) bond motifs is 1. The number of amides is 1. The van der Waals surface area contributed by atoms with Gasteiger partial charge in [0.05, 0.1) is 5.56 Å². The summed E-state index contributed by atoms with van der Waals surface area (Å²) in [6.07, 6.45) is 0. The molecular formula is C21H24N2O2. The highest BCUT2D eigenvalue weighted by molar-refractivity contribution is 6.11. The van der Waals surface area contributed by atoms with Crippen molar-refractivity contribution in [2.24, 2.45) is 0 Å². The molecule has 0 aliphatic rings. The Hall–Kier alpha value is -2.59. The summed E-state index contributed by atoms with van der Waals surface area (Å²) in [5.74, 6) is 0.540. The Bertz CT molecular complexity index is 835. The summed E-state index contributed by atoms with van der Waals surface area (Å²) in [6.45, 7) is 7.68. The van der Waals surface area contributed by atoms with Crippen LogP contribution in [0.2, 0.25) is 0 Å². The van der Waals surface area contributed by atoms with Gasteiger partial charge < -0.3 is 14.6 Å². The van der Waals surface area contributed by atoms with Gasteiger partial charge in [0.25, 0.3) is 5.91 Å². The molecule has 3 aromatic rings. The van der Waals surface area contributed by atoms with Crippen LogP contribution in [-0.2, 0) is 0 Å². The predicted molar refractivity (Wildman–Crippen MR) is 102 cm³/mol. The second-order valence-corrected chi connectivity index (χ2v) is 5.95. The number of carbonyl (C=O) groups excluding carboxylic acids is 1. The van der Waals surface area contributed by atoms with Crippen LogP contribution >= 0.6 is 0 Å². The van der Waals surface area contributed by atoms with Gasteiger partial charge in [-0.05, 0) is 19.2 Å². The lowest BCUT2D eigenvalue weighted by atomic mass is 10.0. The van der Waals surface area contributed by atoms with Crippen molar-refractivity contribution < 1.29 is 9.21 Å². The van der Waals surface area contributed by atoms with Crippen molar-refractivity contribution >= 4 is 16.9 Å². The highest BCUT2D eigenvalue weighted by Gasteiger charge is 2.21. The number of nitrogens with zero attached hydrogens (tertiary/aromatic N) is 1. The Morgan fingerprint density at radius 3 is 2.40 bits per heavy atom. The summed E-state index contributed by atoms with van der Waals surface area (Å²) in [5.41, 5.74) is 2.25. The van der Waals surface area contributed by atoms with Gasteiger partial charge in [-0.15, -0.1) is 0 Å². The second kappa shape index (κ2) is 7.99. The van der Waals surface area contributed by atoms with Crippen LogP contribution in [-0.4, -0.2) is 37.0 Å². The normalized spacial score (nSPS) is 11.2. The topological polar surface area (TPSA) is 45.5 Å². The van der Waals surface area contributed by atoms with Gasteiger partial charge in [-0.25, -0.2) is 0 Å². The molecule has 0 saturated heterocycles. The number of likely N-dealkylation sites (N-methyl/N-ethyl adjacent to an activating group) is 1. The second-order valence-electron chi connectivity index (χ2n) is 5.95. The maximum Gasteiger partial charge on any atom is 0.255 e. The molecule has 4 nitrogen and oxygen atoms in total. The Morgan fingerprint density at radius 1 is 1.00 bits per heavy atom. The van der Waals surface area contributed by atoms with E-state index in [2.05, 4.69) is 24.1 Å². The fraction of sp³-hybridized carbons (Fsp3) is 0.286. The Balaban J connectivity index is 1.90. The molecule has 0 atom stereocenters. The van der Waals surface area contributed by atoms with Crippen LogP contribution in [0.1, 0.15) is 24.2 Å². The number of carbonyl (C=O) groups is 1. The number of rotatable bonds is 7. The molecule has 0 aliphatic heterocycles. The van der Waals surface area contributed by atoms with E-state index in [1.807, 2.05) is 54.6 Å². The third kappa shape index (κ3) is 3.74. The fourth-order valence-electron chi connectivity index (χ4n) is 3.02. The SMILES string of the molecule is CCN(CC)CCNC(=O)c1c(-c2ccccc2)oc2ccccc12. The van der Waals surface area contributed by atoms with Crippen LogP contribution in [0.4, 0.5) is 0 Å². The van der Waals surface area contributed by atoms with Crippen molar-refractivity contribution in [3.05, 3.63) is 60.2 Å². The molecule has 1 amide bonds. The van der Waals surface area contributed by atoms with E-state index in [4.69, 9.17) is 4.42 Å². The minimum absolute atomic E-state index is 0.0871. The van der Waals surface area contributed by atoms with Crippen molar-refractivity contribution in [2.75, 3.05) is 26.2 Å². The maximum atomic E-state index is 12.9. The summed E-state index contributed by atoms with van der Waals surface area (Å²) in [5, 5.41) is 3.89. The van der Waals surface area contributed by atoms with Gasteiger partial charge in [-0.2, -0.15) is 0 Å². The fourth-order valence-corrected chi connectivity index (χ4v) is 3.02. The summed E-state index contributed by atoms with van der Waals surface area (Å²) in [7, 11) is 0. The largest absolute Gasteiger partial charge is 0.455 e. The van der Waals surface area contributed by atoms with Crippen LogP contribution in [0.5, 0.6) is 0 Å². The van der Waals surface area contributed by atoms with Crippen LogP contribution < -0.4 is 5.32 Å². The number of hydrogen-bond donors (Lipinski definition) is 1. The molecule has 0 saturated carbocycles. The third-order valence-corrected chi connectivity index (χ3v) is 4.47. The molecule has 0 aliphatic carbocycles. The van der Waals surface area contributed by atoms with Gasteiger partial charge >= 0.3 is 0 Å². The number of nitrogens with one attached hydrogen (secondary N) is 1. The highest BCUT2D eigenvalue weighted by atomic mass is 16.3. The van der Waals surface area contributed by atoms with Gasteiger partial charge in [0.15, 0.2) is 0 Å². The lowest BCUT2D eigenvalue weighted by Gasteiger charge is -2.18. The molecule has 0 fully saturated rings. The molecule has 4 heteroatoms. The molecule has 3 rings (SSSR count). The minimum atomic E-state index is -0.0871. The number of furan rings is 1. The molecule has 0 unspecified atom stereocenters. The molecule has 0 radical (unpaired) electrons. The zero-order valence-electron chi connectivity index (χ0n) is 14.8. The zero-order chi connectivity index (χ0) is 17.6. The molecule has 1 aromatic heterocycles. The first-order valence-electron chi connectivity index (χ1n) is 8.82. The molecule has 2 aromatic carbocycles. The standard InChI is InChI=1S/C21H24N2O2/c1-3-23(4-2)15-14-22-21(24)19-17-12-8-9-13-18(17)25-20(19)16-10-6-5-7-11-16/h5-13H,3-4,14-15H2,1-2H3,(H,22,24). The van der Waals surface area contributed by atoms with E-state index in [1.165, 1.54) is 0 Å². The zero-order valence-corrected chi connectivity index (χ0v) is 14.8. The lowest BCUT2D eigenvalue weighted by molar-refractivity contribution is 0.0950. The molecule has 0 bridgehead atoms. The van der Waals surface area contributed by atoms with Crippen LogP contribution in [0, 0.1) is 0 Å². The van der Waals surface area contributed by atoms with E-state index < -0.39 is 0 Å². The van der Waals surface area contributed by atoms with Crippen molar-refractivity contribution in [3.8, 4) is 11.3 Å². The first-order chi connectivity index (χ1) is 12.2. The first kappa shape index (κ1) is 17.2. The van der Waals surface area contributed by atoms with Crippen molar-refractivity contribution in [1.29, 1.82) is 0 Å². The summed E-state index contributed by atoms with van der Waals surface area (Å²) in [6, 6.07) is 17.5. The molecule has 0 spiro atoms. The van der Waals surface area contributed by atoms with Crippen molar-refractivity contribution in [3.63, 3.8) is 0 Å². The van der Waals surface area contributed by atoms with E-state index in [1.54, 1.807) is 0 Å². The van der Waals surface area contributed by atoms with E-state index in [0.29, 0.717) is 17.9 Å². The first-order valence-corrected chi connectivity index (χ1v) is 8.82. The molecule has 25 heavy (non-hydrogen) atoms. The van der Waals surface area contributed by atoms with Gasteiger partial charge in [0.1, 0.15) is 11.3 Å². The van der Waals surface area contributed by atoms with Crippen LogP contribution in [0.15, 0.2) is 59.0 Å². The summed E-state index contributed by atoms with van der Waals surface area (Å²) < 4.78 is 6.00. The number of hydrogen-bond acceptors (Lipinski definition) is 3. The van der Waals surface area contributed by atoms with E-state index in [0.717, 1.165) is 36.2 Å². The molecule has 1 heterocycles. The average molecular weight is 336 g/mol. The van der Waals surface area contributed by atoms with Crippen molar-refractivity contribution in [1.82, 2.24) is 10.2 Å². The molecular weight excluding hydrogens is 312 g/mol. The molecule has 1 N–H and O–H groups in total. The third-order valence-electron chi connectivity index (χ3n) is 4.47. The molecule has 130 valence electrons. The van der Waals surface area contributed by atoms with Gasteiger partial charge in [0.2, 0.25) is 0 Å². The lowest BCUT2D eigenvalue weighted by Crippen LogP contribution is -2.34. The summed E-state index contributed by atoms with van der Waals surface area (Å²) >= 11 is 0. The Labute approximate surface area is 148 Å². The Morgan fingerprint density at radius 2 is 1.68 bits per heavy atom. The smallest absolute Gasteiger partial charge is 0.255 e. The van der Waals surface area contributed by atoms with E-state index >= 15 is 0 Å². The highest BCUT2D eigenvalue weighted by Crippen LogP contribution is 2.33. The van der Waals surface area contributed by atoms with Gasteiger partial charge in [0, 0.05) is 24.0 Å². The van der Waals surface area contributed by atoms with Crippen LogP contribution in [0.3, 0.4) is 0 Å². The number of benzene rings is 2. The minimum Gasteiger partial charge on any atom is -0.455 e. The van der Waals surface area contributed by atoms with Crippen molar-refractivity contribution in [2.45, 2.75) is 13.8 Å². The van der Waals surface area contributed by atoms with E-state index in [-0.39, 0.29) is 5.91 Å². The quantitative estimate of drug-likeness (QED) is 0.704. The monoisotopic (exact) mass is 336 g/mol. The Kier molecular flexibility index (Phi) is 5.51.